The van der Waals surface area contributed by atoms with Crippen LogP contribution in [0.5, 0.6) is 0 Å². The monoisotopic (exact) mass is 316 g/mol. The minimum absolute atomic E-state index is 0.544. The van der Waals surface area contributed by atoms with Crippen LogP contribution in [0.2, 0.25) is 5.15 Å². The molecule has 0 aromatic carbocycles. The fraction of sp³-hybridized carbons (Fsp3) is 0.273. The Labute approximate surface area is 112 Å². The highest BCUT2D eigenvalue weighted by Gasteiger charge is 2.13. The fourth-order valence-electron chi connectivity index (χ4n) is 1.37. The van der Waals surface area contributed by atoms with E-state index in [1.165, 1.54) is 0 Å². The average Bonchev–Trinajstić information content (AvgIpc) is 2.68. The molecule has 2 aromatic rings. The molecule has 0 atom stereocenters. The van der Waals surface area contributed by atoms with Crippen molar-refractivity contribution >= 4 is 38.9 Å². The summed E-state index contributed by atoms with van der Waals surface area (Å²) >= 11 is 11.3. The molecule has 84 valence electrons. The van der Waals surface area contributed by atoms with E-state index in [4.69, 9.17) is 11.6 Å². The summed E-state index contributed by atoms with van der Waals surface area (Å²) in [6.07, 6.45) is 0.788. The van der Waals surface area contributed by atoms with Crippen LogP contribution in [-0.2, 0) is 6.42 Å². The summed E-state index contributed by atoms with van der Waals surface area (Å²) in [7, 11) is 0. The second-order valence-corrected chi connectivity index (χ2v) is 5.48. The molecule has 2 heterocycles. The normalized spacial score (nSPS) is 10.8. The van der Waals surface area contributed by atoms with E-state index < -0.39 is 0 Å². The molecule has 2 nitrogen and oxygen atoms in total. The van der Waals surface area contributed by atoms with Gasteiger partial charge in [0, 0.05) is 16.5 Å². The van der Waals surface area contributed by atoms with Crippen molar-refractivity contribution in [3.8, 4) is 10.6 Å². The van der Waals surface area contributed by atoms with Crippen molar-refractivity contribution in [2.45, 2.75) is 20.3 Å². The maximum atomic E-state index is 6.11. The molecule has 0 unspecified atom stereocenters. The van der Waals surface area contributed by atoms with Crippen LogP contribution < -0.4 is 0 Å². The summed E-state index contributed by atoms with van der Waals surface area (Å²) in [6, 6.07) is 2.01. The van der Waals surface area contributed by atoms with Crippen LogP contribution in [0, 0.1) is 6.92 Å². The van der Waals surface area contributed by atoms with Crippen molar-refractivity contribution in [2.24, 2.45) is 0 Å². The van der Waals surface area contributed by atoms with Crippen LogP contribution in [0.4, 0.5) is 0 Å². The zero-order valence-corrected chi connectivity index (χ0v) is 12.1. The highest BCUT2D eigenvalue weighted by atomic mass is 79.9. The summed E-state index contributed by atoms with van der Waals surface area (Å²) in [5.74, 6) is 0.783. The Morgan fingerprint density at radius 1 is 1.44 bits per heavy atom. The van der Waals surface area contributed by atoms with Crippen molar-refractivity contribution in [3.63, 3.8) is 0 Å². The van der Waals surface area contributed by atoms with Crippen molar-refractivity contribution in [1.82, 2.24) is 9.97 Å². The number of hydrogen-bond acceptors (Lipinski definition) is 3. The first-order chi connectivity index (χ1) is 7.63. The SMILES string of the molecule is CCc1nc(Cl)c(C)c(-c2sccc2Br)n1. The average molecular weight is 318 g/mol. The number of aryl methyl sites for hydroxylation is 1. The fourth-order valence-corrected chi connectivity index (χ4v) is 3.17. The predicted octanol–water partition coefficient (Wildman–Crippen LogP) is 4.49. The molecule has 0 amide bonds. The number of nitrogens with zero attached hydrogens (tertiary/aromatic N) is 2. The van der Waals surface area contributed by atoms with E-state index in [1.54, 1.807) is 11.3 Å². The summed E-state index contributed by atoms with van der Waals surface area (Å²) < 4.78 is 1.05. The first-order valence-corrected chi connectivity index (χ1v) is 6.95. The Hall–Kier alpha value is -0.450. The van der Waals surface area contributed by atoms with Crippen LogP contribution in [-0.4, -0.2) is 9.97 Å². The van der Waals surface area contributed by atoms with Gasteiger partial charge < -0.3 is 0 Å². The Balaban J connectivity index is 2.64. The Morgan fingerprint density at radius 3 is 2.75 bits per heavy atom. The van der Waals surface area contributed by atoms with Crippen LogP contribution in [0.15, 0.2) is 15.9 Å². The van der Waals surface area contributed by atoms with Crippen molar-refractivity contribution < 1.29 is 0 Å². The summed E-state index contributed by atoms with van der Waals surface area (Å²) in [4.78, 5) is 9.88. The van der Waals surface area contributed by atoms with E-state index in [9.17, 15) is 0 Å². The zero-order chi connectivity index (χ0) is 11.7. The second-order valence-electron chi connectivity index (χ2n) is 3.36. The molecular formula is C11H10BrClN2S. The lowest BCUT2D eigenvalue weighted by atomic mass is 10.2. The predicted molar refractivity (Wildman–Crippen MR) is 72.2 cm³/mol. The quantitative estimate of drug-likeness (QED) is 0.763. The lowest BCUT2D eigenvalue weighted by molar-refractivity contribution is 0.935. The third-order valence-electron chi connectivity index (χ3n) is 2.28. The van der Waals surface area contributed by atoms with Gasteiger partial charge in [-0.25, -0.2) is 9.97 Å². The van der Waals surface area contributed by atoms with Crippen LogP contribution >= 0.6 is 38.9 Å². The van der Waals surface area contributed by atoms with Gasteiger partial charge in [0.15, 0.2) is 0 Å². The number of aromatic nitrogens is 2. The van der Waals surface area contributed by atoms with E-state index in [2.05, 4.69) is 25.9 Å². The largest absolute Gasteiger partial charge is 0.232 e. The van der Waals surface area contributed by atoms with Crippen LogP contribution in [0.1, 0.15) is 18.3 Å². The van der Waals surface area contributed by atoms with Crippen molar-refractivity contribution in [1.29, 1.82) is 0 Å². The minimum atomic E-state index is 0.544. The van der Waals surface area contributed by atoms with Gasteiger partial charge in [-0.3, -0.25) is 0 Å². The van der Waals surface area contributed by atoms with Gasteiger partial charge in [-0.15, -0.1) is 11.3 Å². The van der Waals surface area contributed by atoms with Gasteiger partial charge in [0.1, 0.15) is 11.0 Å². The van der Waals surface area contributed by atoms with Crippen LogP contribution in [0.3, 0.4) is 0 Å². The molecule has 0 saturated heterocycles. The smallest absolute Gasteiger partial charge is 0.136 e. The van der Waals surface area contributed by atoms with Crippen LogP contribution in [0.25, 0.3) is 10.6 Å². The maximum absolute atomic E-state index is 6.11. The first kappa shape index (κ1) is 12.0. The molecule has 16 heavy (non-hydrogen) atoms. The Bertz CT molecular complexity index is 525. The van der Waals surface area contributed by atoms with Gasteiger partial charge in [0.2, 0.25) is 0 Å². The molecule has 5 heteroatoms. The first-order valence-electron chi connectivity index (χ1n) is 4.89. The topological polar surface area (TPSA) is 25.8 Å². The molecule has 2 aromatic heterocycles. The Morgan fingerprint density at radius 2 is 2.19 bits per heavy atom. The van der Waals surface area contributed by atoms with Gasteiger partial charge in [-0.05, 0) is 34.3 Å². The summed E-state index contributed by atoms with van der Waals surface area (Å²) in [5, 5.41) is 2.57. The second kappa shape index (κ2) is 4.82. The van der Waals surface area contributed by atoms with Gasteiger partial charge in [-0.2, -0.15) is 0 Å². The molecule has 0 aliphatic rings. The molecule has 0 fully saturated rings. The number of thiophene rings is 1. The van der Waals surface area contributed by atoms with E-state index >= 15 is 0 Å². The molecule has 0 saturated carbocycles. The summed E-state index contributed by atoms with van der Waals surface area (Å²) in [5.41, 5.74) is 1.86. The lowest BCUT2D eigenvalue weighted by Gasteiger charge is -2.07. The molecular weight excluding hydrogens is 308 g/mol. The third kappa shape index (κ3) is 2.14. The van der Waals surface area contributed by atoms with Gasteiger partial charge in [-0.1, -0.05) is 18.5 Å². The number of halogens is 2. The lowest BCUT2D eigenvalue weighted by Crippen LogP contribution is -1.98. The molecule has 0 spiro atoms. The van der Waals surface area contributed by atoms with E-state index in [0.717, 1.165) is 32.9 Å². The van der Waals surface area contributed by atoms with Gasteiger partial charge in [0.25, 0.3) is 0 Å². The zero-order valence-electron chi connectivity index (χ0n) is 8.92. The molecule has 0 aliphatic carbocycles. The summed E-state index contributed by atoms with van der Waals surface area (Å²) in [6.45, 7) is 3.97. The maximum Gasteiger partial charge on any atom is 0.136 e. The van der Waals surface area contributed by atoms with Crippen molar-refractivity contribution in [2.75, 3.05) is 0 Å². The highest BCUT2D eigenvalue weighted by molar-refractivity contribution is 9.10. The van der Waals surface area contributed by atoms with Crippen molar-refractivity contribution in [3.05, 3.63) is 32.5 Å². The Kier molecular flexibility index (Phi) is 3.62. The van der Waals surface area contributed by atoms with Gasteiger partial charge in [0.05, 0.1) is 10.6 Å². The minimum Gasteiger partial charge on any atom is -0.232 e. The third-order valence-corrected chi connectivity index (χ3v) is 4.49. The molecule has 0 N–H and O–H groups in total. The van der Waals surface area contributed by atoms with Gasteiger partial charge >= 0.3 is 0 Å². The molecule has 0 radical (unpaired) electrons. The molecule has 0 bridgehead atoms. The highest BCUT2D eigenvalue weighted by Crippen LogP contribution is 2.35. The molecule has 2 rings (SSSR count). The van der Waals surface area contributed by atoms with E-state index in [1.807, 2.05) is 25.3 Å². The number of rotatable bonds is 2. The number of hydrogen-bond donors (Lipinski definition) is 0. The molecule has 0 aliphatic heterocycles. The standard InChI is InChI=1S/C11H10BrClN2S/c1-3-8-14-9(6(2)11(13)15-8)10-7(12)4-5-16-10/h4-5H,3H2,1-2H3. The van der Waals surface area contributed by atoms with E-state index in [0.29, 0.717) is 5.15 Å². The van der Waals surface area contributed by atoms with E-state index in [-0.39, 0.29) is 0 Å².